The molecule has 0 spiro atoms. The summed E-state index contributed by atoms with van der Waals surface area (Å²) in [6.45, 7) is 17.8. The normalized spacial score (nSPS) is 13.2. The van der Waals surface area contributed by atoms with Crippen LogP contribution in [0, 0.1) is 5.41 Å². The van der Waals surface area contributed by atoms with Crippen molar-refractivity contribution < 1.29 is 0 Å². The van der Waals surface area contributed by atoms with Gasteiger partial charge in [-0.05, 0) is 18.5 Å². The summed E-state index contributed by atoms with van der Waals surface area (Å²) in [5.41, 5.74) is 0.314. The van der Waals surface area contributed by atoms with Gasteiger partial charge in [-0.25, -0.2) is 0 Å². The van der Waals surface area contributed by atoms with Crippen LogP contribution in [0.5, 0.6) is 0 Å². The lowest BCUT2D eigenvalue weighted by Crippen LogP contribution is -2.32. The number of nitrogens with zero attached hydrogens (tertiary/aromatic N) is 1. The summed E-state index contributed by atoms with van der Waals surface area (Å²) in [5, 5.41) is 1.46. The Labute approximate surface area is 79.7 Å². The van der Waals surface area contributed by atoms with Crippen molar-refractivity contribution >= 4 is 9.68 Å². The molecule has 12 heavy (non-hydrogen) atoms. The third kappa shape index (κ3) is 4.07. The molecule has 1 nitrogen and oxygen atoms in total. The van der Waals surface area contributed by atoms with Crippen molar-refractivity contribution in [2.75, 3.05) is 13.1 Å². The fraction of sp³-hybridized carbons (Fsp3) is 0.800. The van der Waals surface area contributed by atoms with Crippen molar-refractivity contribution in [3.8, 4) is 0 Å². The molecular weight excluding hydrogens is 162 g/mol. The highest BCUT2D eigenvalue weighted by Gasteiger charge is 2.16. The van der Waals surface area contributed by atoms with Crippen molar-refractivity contribution in [1.29, 1.82) is 0 Å². The van der Waals surface area contributed by atoms with Crippen LogP contribution < -0.4 is 0 Å². The van der Waals surface area contributed by atoms with Crippen LogP contribution in [-0.2, 0) is 0 Å². The van der Waals surface area contributed by atoms with Gasteiger partial charge in [-0.2, -0.15) is 0 Å². The predicted octanol–water partition coefficient (Wildman–Crippen LogP) is 1.97. The van der Waals surface area contributed by atoms with Crippen molar-refractivity contribution in [3.63, 3.8) is 0 Å². The lowest BCUT2D eigenvalue weighted by atomic mass is 9.97. The van der Waals surface area contributed by atoms with Crippen molar-refractivity contribution in [3.05, 3.63) is 11.8 Å². The van der Waals surface area contributed by atoms with E-state index in [0.29, 0.717) is 5.41 Å². The van der Waals surface area contributed by atoms with E-state index in [0.717, 1.165) is 0 Å². The first-order chi connectivity index (χ1) is 5.41. The predicted molar refractivity (Wildman–Crippen MR) is 60.1 cm³/mol. The molecule has 0 aliphatic rings. The lowest BCUT2D eigenvalue weighted by Gasteiger charge is -2.27. The molecule has 0 amide bonds. The summed E-state index contributed by atoms with van der Waals surface area (Å²) in [6.07, 6.45) is 0. The second-order valence-corrected chi connectivity index (χ2v) is 6.38. The zero-order valence-corrected chi connectivity index (χ0v) is 10.7. The fourth-order valence-corrected chi connectivity index (χ4v) is 2.42. The first kappa shape index (κ1) is 11.9. The molecule has 0 rings (SSSR count). The smallest absolute Gasteiger partial charge is 0.122 e. The van der Waals surface area contributed by atoms with E-state index in [1.807, 2.05) is 0 Å². The van der Waals surface area contributed by atoms with E-state index in [4.69, 9.17) is 0 Å². The molecule has 0 aromatic rings. The highest BCUT2D eigenvalue weighted by atomic mass is 28.2. The summed E-state index contributed by atoms with van der Waals surface area (Å²) in [6, 6.07) is 0. The minimum atomic E-state index is -0.216. The Hall–Kier alpha value is -0.0831. The maximum Gasteiger partial charge on any atom is 0.122 e. The van der Waals surface area contributed by atoms with Crippen molar-refractivity contribution in [1.82, 2.24) is 4.57 Å². The van der Waals surface area contributed by atoms with E-state index in [-0.39, 0.29) is 9.68 Å². The Kier molecular flexibility index (Phi) is 4.79. The van der Waals surface area contributed by atoms with Gasteiger partial charge in [-0.15, -0.1) is 6.58 Å². The molecule has 0 aliphatic heterocycles. The molecule has 0 atom stereocenters. The van der Waals surface area contributed by atoms with E-state index in [1.165, 1.54) is 18.3 Å². The quantitative estimate of drug-likeness (QED) is 0.605. The molecule has 72 valence electrons. The lowest BCUT2D eigenvalue weighted by molar-refractivity contribution is 0.474. The number of rotatable bonds is 4. The average molecular weight is 185 g/mol. The third-order valence-corrected chi connectivity index (χ3v) is 5.15. The molecule has 2 heteroatoms. The van der Waals surface area contributed by atoms with Crippen LogP contribution in [0.3, 0.4) is 0 Å². The first-order valence-electron chi connectivity index (χ1n) is 4.82. The molecule has 0 N–H and O–H groups in total. The molecule has 0 bridgehead atoms. The summed E-state index contributed by atoms with van der Waals surface area (Å²) >= 11 is 0. The summed E-state index contributed by atoms with van der Waals surface area (Å²) < 4.78 is 2.54. The highest BCUT2D eigenvalue weighted by Crippen LogP contribution is 2.22. The van der Waals surface area contributed by atoms with E-state index in [9.17, 15) is 0 Å². The Morgan fingerprint density at radius 2 is 1.67 bits per heavy atom. The van der Waals surface area contributed by atoms with E-state index >= 15 is 0 Å². The van der Waals surface area contributed by atoms with Crippen LogP contribution in [0.4, 0.5) is 0 Å². The molecule has 0 aromatic carbocycles. The Bertz CT molecular complexity index is 142. The van der Waals surface area contributed by atoms with E-state index < -0.39 is 0 Å². The fourth-order valence-electron chi connectivity index (χ4n) is 0.954. The second kappa shape index (κ2) is 4.82. The van der Waals surface area contributed by atoms with E-state index in [2.05, 4.69) is 45.8 Å². The SMILES string of the molecule is C=C([SiH2]N(CC)CC)C(C)(C)C. The first-order valence-corrected chi connectivity index (χ1v) is 6.16. The van der Waals surface area contributed by atoms with Gasteiger partial charge in [0.15, 0.2) is 0 Å². The summed E-state index contributed by atoms with van der Waals surface area (Å²) in [5.74, 6) is 0. The van der Waals surface area contributed by atoms with Crippen molar-refractivity contribution in [2.24, 2.45) is 5.41 Å². The van der Waals surface area contributed by atoms with Gasteiger partial charge in [0, 0.05) is 0 Å². The van der Waals surface area contributed by atoms with Gasteiger partial charge < -0.3 is 4.57 Å². The Morgan fingerprint density at radius 3 is 1.92 bits per heavy atom. The van der Waals surface area contributed by atoms with Crippen LogP contribution >= 0.6 is 0 Å². The standard InChI is InChI=1S/C10H23NSi/c1-7-11(8-2)12-9(3)10(4,5)6/h3,7-8,12H2,1-2,4-6H3. The van der Waals surface area contributed by atoms with Gasteiger partial charge in [0.25, 0.3) is 0 Å². The maximum absolute atomic E-state index is 4.18. The average Bonchev–Trinajstić information content (AvgIpc) is 1.97. The molecule has 0 fully saturated rings. The second-order valence-electron chi connectivity index (χ2n) is 4.31. The topological polar surface area (TPSA) is 3.24 Å². The van der Waals surface area contributed by atoms with Crippen LogP contribution in [-0.4, -0.2) is 27.3 Å². The molecule has 0 saturated carbocycles. The largest absolute Gasteiger partial charge is 0.326 e. The molecule has 0 radical (unpaired) electrons. The molecule has 0 aromatic heterocycles. The van der Waals surface area contributed by atoms with Crippen LogP contribution in [0.1, 0.15) is 34.6 Å². The Morgan fingerprint density at radius 1 is 1.25 bits per heavy atom. The molecule has 0 heterocycles. The van der Waals surface area contributed by atoms with Crippen LogP contribution in [0.15, 0.2) is 11.8 Å². The Balaban J connectivity index is 3.99. The summed E-state index contributed by atoms with van der Waals surface area (Å²) in [7, 11) is -0.216. The van der Waals surface area contributed by atoms with Crippen LogP contribution in [0.2, 0.25) is 0 Å². The van der Waals surface area contributed by atoms with Gasteiger partial charge in [0.1, 0.15) is 9.68 Å². The van der Waals surface area contributed by atoms with Gasteiger partial charge in [-0.1, -0.05) is 39.8 Å². The number of hydrogen-bond donors (Lipinski definition) is 0. The molecule has 0 unspecified atom stereocenters. The number of hydrogen-bond acceptors (Lipinski definition) is 1. The molecule has 0 saturated heterocycles. The third-order valence-electron chi connectivity index (χ3n) is 2.37. The molecule has 0 aliphatic carbocycles. The minimum Gasteiger partial charge on any atom is -0.326 e. The number of allylic oxidation sites excluding steroid dienone is 1. The van der Waals surface area contributed by atoms with Crippen LogP contribution in [0.25, 0.3) is 0 Å². The van der Waals surface area contributed by atoms with Crippen molar-refractivity contribution in [2.45, 2.75) is 34.6 Å². The van der Waals surface area contributed by atoms with Gasteiger partial charge >= 0.3 is 0 Å². The van der Waals surface area contributed by atoms with E-state index in [1.54, 1.807) is 0 Å². The monoisotopic (exact) mass is 185 g/mol. The molecular formula is C10H23NSi. The maximum atomic E-state index is 4.18. The minimum absolute atomic E-state index is 0.216. The zero-order chi connectivity index (χ0) is 9.78. The zero-order valence-electron chi connectivity index (χ0n) is 9.28. The highest BCUT2D eigenvalue weighted by molar-refractivity contribution is 6.42. The van der Waals surface area contributed by atoms with Gasteiger partial charge in [-0.3, -0.25) is 0 Å². The van der Waals surface area contributed by atoms with Gasteiger partial charge in [0.2, 0.25) is 0 Å². The van der Waals surface area contributed by atoms with Gasteiger partial charge in [0.05, 0.1) is 0 Å². The summed E-state index contributed by atoms with van der Waals surface area (Å²) in [4.78, 5) is 0.